The topological polar surface area (TPSA) is 61.0 Å². The molecule has 76 valence electrons. The van der Waals surface area contributed by atoms with Crippen molar-refractivity contribution in [2.45, 2.75) is 38.3 Å². The Balaban J connectivity index is 1.95. The van der Waals surface area contributed by atoms with E-state index in [9.17, 15) is 0 Å². The quantitative estimate of drug-likeness (QED) is 0.785. The highest BCUT2D eigenvalue weighted by Gasteiger charge is 2.16. The van der Waals surface area contributed by atoms with E-state index >= 15 is 0 Å². The van der Waals surface area contributed by atoms with E-state index in [0.29, 0.717) is 18.5 Å². The van der Waals surface area contributed by atoms with Gasteiger partial charge in [-0.15, -0.1) is 0 Å². The molecule has 0 bridgehead atoms. The molecule has 0 atom stereocenters. The Morgan fingerprint density at radius 2 is 2.07 bits per heavy atom. The molecular formula is C10H15N3O. The predicted molar refractivity (Wildman–Crippen MR) is 52.8 cm³/mol. The van der Waals surface area contributed by atoms with Gasteiger partial charge >= 0.3 is 0 Å². The molecule has 0 saturated heterocycles. The Kier molecular flexibility index (Phi) is 2.93. The molecule has 1 heterocycles. The van der Waals surface area contributed by atoms with Crippen molar-refractivity contribution in [1.82, 2.24) is 9.97 Å². The van der Waals surface area contributed by atoms with Gasteiger partial charge in [0.05, 0.1) is 18.1 Å². The number of ether oxygens (including phenoxy) is 1. The van der Waals surface area contributed by atoms with Gasteiger partial charge in [0.15, 0.2) is 0 Å². The highest BCUT2D eigenvalue weighted by Crippen LogP contribution is 2.22. The number of hydrogen-bond donors (Lipinski definition) is 1. The largest absolute Gasteiger partial charge is 0.473 e. The number of nitrogens with two attached hydrogens (primary N) is 1. The molecule has 0 unspecified atom stereocenters. The van der Waals surface area contributed by atoms with E-state index in [1.807, 2.05) is 0 Å². The number of aromatic nitrogens is 2. The van der Waals surface area contributed by atoms with Crippen molar-refractivity contribution in [3.8, 4) is 5.88 Å². The molecule has 4 nitrogen and oxygen atoms in total. The van der Waals surface area contributed by atoms with Crippen molar-refractivity contribution in [1.29, 1.82) is 0 Å². The molecule has 1 saturated carbocycles. The van der Waals surface area contributed by atoms with Crippen LogP contribution in [0.3, 0.4) is 0 Å². The average Bonchev–Trinajstić information content (AvgIpc) is 2.72. The van der Waals surface area contributed by atoms with Gasteiger partial charge in [0.1, 0.15) is 6.10 Å². The Bertz CT molecular complexity index is 280. The third kappa shape index (κ3) is 2.20. The van der Waals surface area contributed by atoms with Gasteiger partial charge in [-0.3, -0.25) is 4.98 Å². The minimum atomic E-state index is 0.341. The van der Waals surface area contributed by atoms with Crippen LogP contribution in [0.2, 0.25) is 0 Å². The van der Waals surface area contributed by atoms with E-state index in [1.54, 1.807) is 12.4 Å². The smallest absolute Gasteiger partial charge is 0.232 e. The van der Waals surface area contributed by atoms with E-state index in [-0.39, 0.29) is 0 Å². The molecule has 2 N–H and O–H groups in total. The van der Waals surface area contributed by atoms with Crippen LogP contribution >= 0.6 is 0 Å². The zero-order chi connectivity index (χ0) is 9.80. The van der Waals surface area contributed by atoms with Crippen LogP contribution in [0.15, 0.2) is 12.4 Å². The lowest BCUT2D eigenvalue weighted by molar-refractivity contribution is 0.200. The third-order valence-corrected chi connectivity index (χ3v) is 2.48. The van der Waals surface area contributed by atoms with Gasteiger partial charge < -0.3 is 10.5 Å². The van der Waals surface area contributed by atoms with Crippen LogP contribution < -0.4 is 10.5 Å². The lowest BCUT2D eigenvalue weighted by Gasteiger charge is -2.11. The molecular weight excluding hydrogens is 178 g/mol. The lowest BCUT2D eigenvalue weighted by Crippen LogP contribution is -2.12. The first-order chi connectivity index (χ1) is 6.88. The normalized spacial score (nSPS) is 17.2. The summed E-state index contributed by atoms with van der Waals surface area (Å²) in [7, 11) is 0. The van der Waals surface area contributed by atoms with Gasteiger partial charge in [0.2, 0.25) is 5.88 Å². The molecule has 0 aromatic carbocycles. The standard InChI is InChI=1S/C10H15N3O/c11-5-8-6-13-10(7-12-8)14-9-3-1-2-4-9/h6-7,9H,1-5,11H2. The maximum atomic E-state index is 5.66. The van der Waals surface area contributed by atoms with Gasteiger partial charge in [-0.25, -0.2) is 4.98 Å². The molecule has 1 fully saturated rings. The van der Waals surface area contributed by atoms with E-state index in [1.165, 1.54) is 12.8 Å². The maximum Gasteiger partial charge on any atom is 0.232 e. The maximum absolute atomic E-state index is 5.66. The summed E-state index contributed by atoms with van der Waals surface area (Å²) in [5.74, 6) is 0.620. The van der Waals surface area contributed by atoms with Gasteiger partial charge in [-0.2, -0.15) is 0 Å². The highest BCUT2D eigenvalue weighted by atomic mass is 16.5. The summed E-state index contributed by atoms with van der Waals surface area (Å²) in [6.07, 6.45) is 8.47. The lowest BCUT2D eigenvalue weighted by atomic mass is 10.3. The molecule has 1 aliphatic carbocycles. The summed E-state index contributed by atoms with van der Waals surface area (Å²) in [6, 6.07) is 0. The van der Waals surface area contributed by atoms with Crippen LogP contribution in [0.25, 0.3) is 0 Å². The van der Waals surface area contributed by atoms with Crippen LogP contribution in [0.1, 0.15) is 31.4 Å². The van der Waals surface area contributed by atoms with Crippen molar-refractivity contribution in [2.24, 2.45) is 5.73 Å². The highest BCUT2D eigenvalue weighted by molar-refractivity contribution is 5.07. The fraction of sp³-hybridized carbons (Fsp3) is 0.600. The van der Waals surface area contributed by atoms with Crippen LogP contribution in [0.5, 0.6) is 5.88 Å². The first kappa shape index (κ1) is 9.40. The third-order valence-electron chi connectivity index (χ3n) is 2.48. The Hall–Kier alpha value is -1.16. The SMILES string of the molecule is NCc1cnc(OC2CCCC2)cn1. The molecule has 4 heteroatoms. The van der Waals surface area contributed by atoms with Crippen molar-refractivity contribution in [3.05, 3.63) is 18.1 Å². The van der Waals surface area contributed by atoms with Crippen molar-refractivity contribution in [3.63, 3.8) is 0 Å². The fourth-order valence-electron chi connectivity index (χ4n) is 1.69. The zero-order valence-corrected chi connectivity index (χ0v) is 8.15. The van der Waals surface area contributed by atoms with E-state index in [4.69, 9.17) is 10.5 Å². The summed E-state index contributed by atoms with van der Waals surface area (Å²) in [4.78, 5) is 8.28. The molecule has 0 amide bonds. The van der Waals surface area contributed by atoms with E-state index in [0.717, 1.165) is 18.5 Å². The molecule has 14 heavy (non-hydrogen) atoms. The van der Waals surface area contributed by atoms with Crippen molar-refractivity contribution >= 4 is 0 Å². The van der Waals surface area contributed by atoms with Gasteiger partial charge in [0, 0.05) is 6.54 Å². The van der Waals surface area contributed by atoms with Crippen molar-refractivity contribution < 1.29 is 4.74 Å². The molecule has 0 aliphatic heterocycles. The van der Waals surface area contributed by atoms with Crippen molar-refractivity contribution in [2.75, 3.05) is 0 Å². The molecule has 2 rings (SSSR count). The molecule has 1 aromatic rings. The van der Waals surface area contributed by atoms with Crippen LogP contribution in [0, 0.1) is 0 Å². The average molecular weight is 193 g/mol. The Labute approximate surface area is 83.5 Å². The number of hydrogen-bond acceptors (Lipinski definition) is 4. The minimum absolute atomic E-state index is 0.341. The second-order valence-electron chi connectivity index (χ2n) is 3.57. The summed E-state index contributed by atoms with van der Waals surface area (Å²) >= 11 is 0. The number of rotatable bonds is 3. The second-order valence-corrected chi connectivity index (χ2v) is 3.57. The molecule has 0 radical (unpaired) electrons. The van der Waals surface area contributed by atoms with Gasteiger partial charge in [-0.05, 0) is 25.7 Å². The zero-order valence-electron chi connectivity index (χ0n) is 8.15. The fourth-order valence-corrected chi connectivity index (χ4v) is 1.69. The predicted octanol–water partition coefficient (Wildman–Crippen LogP) is 1.26. The van der Waals surface area contributed by atoms with Gasteiger partial charge in [-0.1, -0.05) is 0 Å². The summed E-state index contributed by atoms with van der Waals surface area (Å²) < 4.78 is 5.66. The summed E-state index contributed by atoms with van der Waals surface area (Å²) in [5.41, 5.74) is 6.22. The van der Waals surface area contributed by atoms with E-state index in [2.05, 4.69) is 9.97 Å². The summed E-state index contributed by atoms with van der Waals surface area (Å²) in [6.45, 7) is 0.427. The first-order valence-corrected chi connectivity index (χ1v) is 5.06. The molecule has 1 aliphatic rings. The van der Waals surface area contributed by atoms with Crippen LogP contribution in [-0.4, -0.2) is 16.1 Å². The minimum Gasteiger partial charge on any atom is -0.473 e. The molecule has 0 spiro atoms. The van der Waals surface area contributed by atoms with Crippen LogP contribution in [-0.2, 0) is 6.54 Å². The molecule has 1 aromatic heterocycles. The van der Waals surface area contributed by atoms with Gasteiger partial charge in [0.25, 0.3) is 0 Å². The summed E-state index contributed by atoms with van der Waals surface area (Å²) in [5, 5.41) is 0. The first-order valence-electron chi connectivity index (χ1n) is 5.06. The second kappa shape index (κ2) is 4.37. The van der Waals surface area contributed by atoms with Crippen LogP contribution in [0.4, 0.5) is 0 Å². The Morgan fingerprint density at radius 3 is 2.64 bits per heavy atom. The monoisotopic (exact) mass is 193 g/mol. The van der Waals surface area contributed by atoms with E-state index < -0.39 is 0 Å². The Morgan fingerprint density at radius 1 is 1.29 bits per heavy atom. The number of nitrogens with zero attached hydrogens (tertiary/aromatic N) is 2.